The van der Waals surface area contributed by atoms with E-state index in [0.29, 0.717) is 11.1 Å². The fraction of sp³-hybridized carbons (Fsp3) is 0.649. The van der Waals surface area contributed by atoms with Crippen LogP contribution in [-0.2, 0) is 44.0 Å². The number of hydrogen-bond acceptors (Lipinski definition) is 11. The molecule has 3 saturated carbocycles. The second kappa shape index (κ2) is 14.9. The van der Waals surface area contributed by atoms with Crippen molar-refractivity contribution >= 4 is 36.2 Å². The molecule has 0 spiro atoms. The summed E-state index contributed by atoms with van der Waals surface area (Å²) >= 11 is 0. The standard InChI is InChI=1S/C37H43F4NO11S3/c38-25-27(40)36(55(46,47)48)28(41)26(39)31(25)52-37(43)24-30-32(29-33(51-30)35(24)54(44,45)42-29)53-56(49,50)34-22(19-12-6-2-7-13-19)16-21(18-10-4-1-5-11-18)17-23(34)20-14-8-3-9-15-20/h16-20,24,29-30,32-33,35,42H,1-15H2,(H,46,47,48)/p-1. The molecule has 8 rings (SSSR count). The van der Waals surface area contributed by atoms with Crippen LogP contribution < -0.4 is 9.46 Å². The van der Waals surface area contributed by atoms with E-state index >= 15 is 0 Å². The lowest BCUT2D eigenvalue weighted by Crippen LogP contribution is -2.51. The second-order valence-electron chi connectivity index (χ2n) is 16.1. The average molecular weight is 849 g/mol. The van der Waals surface area contributed by atoms with Crippen LogP contribution in [0.4, 0.5) is 17.6 Å². The Balaban J connectivity index is 1.18. The third kappa shape index (κ3) is 6.89. The van der Waals surface area contributed by atoms with E-state index in [1.165, 1.54) is 0 Å². The molecule has 3 aliphatic heterocycles. The summed E-state index contributed by atoms with van der Waals surface area (Å²) in [7, 11) is -15.3. The minimum atomic E-state index is -6.08. The molecule has 2 aromatic carbocycles. The number of esters is 1. The molecule has 308 valence electrons. The van der Waals surface area contributed by atoms with Gasteiger partial charge in [-0.05, 0) is 73.0 Å². The summed E-state index contributed by atoms with van der Waals surface area (Å²) < 4.78 is 168. The normalized spacial score (nSPS) is 29.9. The van der Waals surface area contributed by atoms with Crippen LogP contribution in [0, 0.1) is 29.2 Å². The largest absolute Gasteiger partial charge is 0.744 e. The monoisotopic (exact) mass is 848 g/mol. The van der Waals surface area contributed by atoms with Crippen LogP contribution in [0.15, 0.2) is 21.9 Å². The SMILES string of the molecule is O=C(Oc1c(F)c(F)c(S(=O)(=O)[O-])c(F)c1F)C1C2OC3C(NS(=O)(=O)C31)C2OS(=O)(=O)c1c(C2CCCCC2)cc(C2CCCCC2)cc1C1CCCCC1. The van der Waals surface area contributed by atoms with Crippen molar-refractivity contribution in [3.8, 4) is 5.75 Å². The second-order valence-corrected chi connectivity index (χ2v) is 20.8. The zero-order valence-electron chi connectivity index (χ0n) is 30.2. The van der Waals surface area contributed by atoms with Gasteiger partial charge in [0.1, 0.15) is 43.3 Å². The van der Waals surface area contributed by atoms with Gasteiger partial charge in [0.2, 0.25) is 27.4 Å². The molecule has 3 saturated heterocycles. The topological polar surface area (TPSA) is 182 Å². The average Bonchev–Trinajstić information content (AvgIpc) is 3.79. The Morgan fingerprint density at radius 2 is 1.20 bits per heavy atom. The number of sulfonamides is 1. The van der Waals surface area contributed by atoms with Gasteiger partial charge in [0.05, 0.1) is 12.1 Å². The first-order chi connectivity index (χ1) is 26.5. The Morgan fingerprint density at radius 1 is 0.714 bits per heavy atom. The van der Waals surface area contributed by atoms with Crippen molar-refractivity contribution in [3.63, 3.8) is 0 Å². The van der Waals surface area contributed by atoms with Gasteiger partial charge in [0.25, 0.3) is 10.1 Å². The first-order valence-electron chi connectivity index (χ1n) is 19.3. The molecule has 6 atom stereocenters. The Morgan fingerprint density at radius 3 is 1.68 bits per heavy atom. The van der Waals surface area contributed by atoms with Gasteiger partial charge in [0.15, 0.2) is 11.6 Å². The zero-order valence-corrected chi connectivity index (χ0v) is 32.6. The molecule has 6 unspecified atom stereocenters. The maximum atomic E-state index is 14.9. The van der Waals surface area contributed by atoms with Crippen LogP contribution in [-0.4, -0.2) is 65.4 Å². The molecular formula is C37H42F4NO11S3-. The van der Waals surface area contributed by atoms with Gasteiger partial charge in [-0.1, -0.05) is 69.9 Å². The summed E-state index contributed by atoms with van der Waals surface area (Å²) in [6, 6.07) is 2.74. The molecule has 2 aromatic rings. The summed E-state index contributed by atoms with van der Waals surface area (Å²) in [6.45, 7) is 0. The van der Waals surface area contributed by atoms with Gasteiger partial charge in [-0.3, -0.25) is 8.98 Å². The highest BCUT2D eigenvalue weighted by molar-refractivity contribution is 7.90. The maximum absolute atomic E-state index is 14.9. The van der Waals surface area contributed by atoms with Crippen LogP contribution in [0.1, 0.15) is 131 Å². The van der Waals surface area contributed by atoms with Crippen molar-refractivity contribution in [2.24, 2.45) is 5.92 Å². The minimum absolute atomic E-state index is 0.0404. The van der Waals surface area contributed by atoms with E-state index in [-0.39, 0.29) is 22.6 Å². The fourth-order valence-electron chi connectivity index (χ4n) is 10.2. The molecule has 3 heterocycles. The van der Waals surface area contributed by atoms with Gasteiger partial charge in [-0.15, -0.1) is 0 Å². The number of nitrogens with one attached hydrogen (secondary N) is 1. The highest BCUT2D eigenvalue weighted by Gasteiger charge is 2.72. The number of rotatable bonds is 9. The molecule has 0 amide bonds. The van der Waals surface area contributed by atoms with Crippen LogP contribution in [0.5, 0.6) is 5.75 Å². The van der Waals surface area contributed by atoms with Gasteiger partial charge in [0, 0.05) is 0 Å². The molecule has 56 heavy (non-hydrogen) atoms. The van der Waals surface area contributed by atoms with Gasteiger partial charge < -0.3 is 14.0 Å². The van der Waals surface area contributed by atoms with Crippen LogP contribution in [0.3, 0.4) is 0 Å². The Hall–Kier alpha value is -2.68. The van der Waals surface area contributed by atoms with Crippen molar-refractivity contribution in [1.82, 2.24) is 4.72 Å². The molecular weight excluding hydrogens is 807 g/mol. The van der Waals surface area contributed by atoms with Crippen LogP contribution in [0.2, 0.25) is 0 Å². The third-order valence-electron chi connectivity index (χ3n) is 12.8. The van der Waals surface area contributed by atoms with E-state index in [1.807, 2.05) is 12.1 Å². The molecule has 0 aromatic heterocycles. The highest BCUT2D eigenvalue weighted by Crippen LogP contribution is 2.51. The zero-order chi connectivity index (χ0) is 39.9. The summed E-state index contributed by atoms with van der Waals surface area (Å²) in [4.78, 5) is 11.2. The predicted molar refractivity (Wildman–Crippen MR) is 188 cm³/mol. The van der Waals surface area contributed by atoms with Crippen molar-refractivity contribution < 1.29 is 65.8 Å². The molecule has 0 radical (unpaired) electrons. The quantitative estimate of drug-likeness (QED) is 0.0776. The third-order valence-corrected chi connectivity index (χ3v) is 17.0. The van der Waals surface area contributed by atoms with Gasteiger partial charge in [-0.2, -0.15) is 17.2 Å². The lowest BCUT2D eigenvalue weighted by molar-refractivity contribution is -0.142. The summed E-state index contributed by atoms with van der Waals surface area (Å²) in [6.07, 6.45) is 9.30. The van der Waals surface area contributed by atoms with Crippen molar-refractivity contribution in [1.29, 1.82) is 0 Å². The van der Waals surface area contributed by atoms with Crippen LogP contribution in [0.25, 0.3) is 0 Å². The Bertz CT molecular complexity index is 2190. The molecule has 12 nitrogen and oxygen atoms in total. The lowest BCUT2D eigenvalue weighted by Gasteiger charge is -2.33. The molecule has 6 fully saturated rings. The van der Waals surface area contributed by atoms with Gasteiger partial charge in [-0.25, -0.2) is 30.3 Å². The van der Waals surface area contributed by atoms with Gasteiger partial charge >= 0.3 is 5.97 Å². The van der Waals surface area contributed by atoms with Crippen molar-refractivity contribution in [2.75, 3.05) is 0 Å². The molecule has 2 bridgehead atoms. The maximum Gasteiger partial charge on any atom is 0.318 e. The van der Waals surface area contributed by atoms with Crippen LogP contribution >= 0.6 is 0 Å². The van der Waals surface area contributed by atoms with E-state index < -0.39 is 106 Å². The number of fused-ring (bicyclic) bond motifs is 1. The molecule has 3 aliphatic carbocycles. The smallest absolute Gasteiger partial charge is 0.318 e. The van der Waals surface area contributed by atoms with E-state index in [1.54, 1.807) is 0 Å². The van der Waals surface area contributed by atoms with Crippen molar-refractivity contribution in [3.05, 3.63) is 52.1 Å². The molecule has 6 aliphatic rings. The van der Waals surface area contributed by atoms with E-state index in [0.717, 1.165) is 102 Å². The van der Waals surface area contributed by atoms with Crippen molar-refractivity contribution in [2.45, 2.75) is 153 Å². The number of halogens is 4. The van der Waals surface area contributed by atoms with E-state index in [2.05, 4.69) is 9.46 Å². The minimum Gasteiger partial charge on any atom is -0.744 e. The number of hydrogen-bond donors (Lipinski definition) is 1. The summed E-state index contributed by atoms with van der Waals surface area (Å²) in [5, 5.41) is -1.78. The number of ether oxygens (including phenoxy) is 2. The highest BCUT2D eigenvalue weighted by atomic mass is 32.2. The van der Waals surface area contributed by atoms with E-state index in [9.17, 15) is 52.2 Å². The number of carbonyl (C=O) groups is 1. The number of benzene rings is 2. The first-order valence-corrected chi connectivity index (χ1v) is 23.7. The summed E-state index contributed by atoms with van der Waals surface area (Å²) in [5.74, 6) is -16.2. The molecule has 1 N–H and O–H groups in total. The van der Waals surface area contributed by atoms with E-state index in [4.69, 9.17) is 8.92 Å². The summed E-state index contributed by atoms with van der Waals surface area (Å²) in [5.41, 5.74) is 2.43. The number of carbonyl (C=O) groups excluding carboxylic acids is 1. The predicted octanol–water partition coefficient (Wildman–Crippen LogP) is 6.04. The molecule has 19 heteroatoms. The Labute approximate surface area is 323 Å². The Kier molecular flexibility index (Phi) is 10.6. The lowest BCUT2D eigenvalue weighted by atomic mass is 9.76. The fourth-order valence-corrected chi connectivity index (χ4v) is 14.5. The first kappa shape index (κ1) is 40.1.